The second-order valence-corrected chi connectivity index (χ2v) is 9.95. The van der Waals surface area contributed by atoms with Crippen molar-refractivity contribution in [1.29, 1.82) is 0 Å². The summed E-state index contributed by atoms with van der Waals surface area (Å²) in [7, 11) is 0. The molecule has 10 heteroatoms. The van der Waals surface area contributed by atoms with Gasteiger partial charge in [-0.2, -0.15) is 5.10 Å². The highest BCUT2D eigenvalue weighted by Crippen LogP contribution is 2.23. The molecule has 0 saturated carbocycles. The molecule has 0 aliphatic carbocycles. The maximum atomic E-state index is 12.8. The molecule has 0 aliphatic rings. The number of ether oxygens (including phenoxy) is 1. The molecule has 0 unspecified atom stereocenters. The summed E-state index contributed by atoms with van der Waals surface area (Å²) < 4.78 is 7.56. The van der Waals surface area contributed by atoms with E-state index in [4.69, 9.17) is 4.74 Å². The lowest BCUT2D eigenvalue weighted by atomic mass is 10.1. The van der Waals surface area contributed by atoms with E-state index in [0.29, 0.717) is 23.6 Å². The number of para-hydroxylation sites is 1. The highest BCUT2D eigenvalue weighted by atomic mass is 79.9. The first kappa shape index (κ1) is 27.7. The zero-order valence-corrected chi connectivity index (χ0v) is 23.5. The van der Waals surface area contributed by atoms with E-state index < -0.39 is 17.7 Å². The molecule has 3 N–H and O–H groups in total. The van der Waals surface area contributed by atoms with Crippen LogP contribution in [0.25, 0.3) is 0 Å². The third-order valence-electron chi connectivity index (χ3n) is 5.31. The Bertz CT molecular complexity index is 1510. The van der Waals surface area contributed by atoms with Gasteiger partial charge in [0.15, 0.2) is 0 Å². The third kappa shape index (κ3) is 8.10. The first-order chi connectivity index (χ1) is 18.9. The van der Waals surface area contributed by atoms with E-state index in [1.807, 2.05) is 36.4 Å². The topological polar surface area (TPSA) is 109 Å². The lowest BCUT2D eigenvalue weighted by Gasteiger charge is -2.11. The van der Waals surface area contributed by atoms with Crippen molar-refractivity contribution in [2.75, 3.05) is 10.6 Å². The van der Waals surface area contributed by atoms with Crippen LogP contribution < -0.4 is 20.8 Å². The van der Waals surface area contributed by atoms with Crippen molar-refractivity contribution < 1.29 is 19.1 Å². The van der Waals surface area contributed by atoms with Gasteiger partial charge in [0.1, 0.15) is 12.4 Å². The number of benzene rings is 4. The van der Waals surface area contributed by atoms with Crippen molar-refractivity contribution in [3.05, 3.63) is 123 Å². The number of rotatable bonds is 8. The van der Waals surface area contributed by atoms with E-state index in [0.717, 1.165) is 14.5 Å². The van der Waals surface area contributed by atoms with Gasteiger partial charge in [0.2, 0.25) is 0 Å². The molecule has 0 bridgehead atoms. The summed E-state index contributed by atoms with van der Waals surface area (Å²) >= 11 is 6.76. The van der Waals surface area contributed by atoms with E-state index in [1.165, 1.54) is 12.3 Å². The molecule has 0 radical (unpaired) electrons. The largest absolute Gasteiger partial charge is 0.488 e. The van der Waals surface area contributed by atoms with E-state index in [9.17, 15) is 14.4 Å². The standard InChI is InChI=1S/C29H22Br2N4O4/c30-21-10-13-23(14-11-21)33-27(36)24-8-4-5-9-25(24)34-28(37)29(38)35-32-17-20-16-22(31)12-15-26(20)39-18-19-6-2-1-3-7-19/h1-17H,18H2,(H,33,36)(H,34,37)(H,35,38)/b32-17-. The predicted molar refractivity (Wildman–Crippen MR) is 158 cm³/mol. The monoisotopic (exact) mass is 648 g/mol. The van der Waals surface area contributed by atoms with Gasteiger partial charge in [0, 0.05) is 20.2 Å². The second kappa shape index (κ2) is 13.5. The molecule has 3 amide bonds. The molecule has 4 aromatic carbocycles. The Morgan fingerprint density at radius 3 is 2.23 bits per heavy atom. The van der Waals surface area contributed by atoms with Crippen molar-refractivity contribution in [1.82, 2.24) is 5.43 Å². The quantitative estimate of drug-likeness (QED) is 0.121. The lowest BCUT2D eigenvalue weighted by molar-refractivity contribution is -0.136. The molecule has 0 spiro atoms. The summed E-state index contributed by atoms with van der Waals surface area (Å²) in [6, 6.07) is 28.5. The van der Waals surface area contributed by atoms with Crippen LogP contribution in [0.1, 0.15) is 21.5 Å². The van der Waals surface area contributed by atoms with Crippen LogP contribution >= 0.6 is 31.9 Å². The predicted octanol–water partition coefficient (Wildman–Crippen LogP) is 6.13. The van der Waals surface area contributed by atoms with Crippen molar-refractivity contribution in [3.63, 3.8) is 0 Å². The lowest BCUT2D eigenvalue weighted by Crippen LogP contribution is -2.33. The fourth-order valence-corrected chi connectivity index (χ4v) is 4.04. The Balaban J connectivity index is 1.38. The van der Waals surface area contributed by atoms with E-state index in [1.54, 1.807) is 54.6 Å². The zero-order valence-electron chi connectivity index (χ0n) is 20.4. The van der Waals surface area contributed by atoms with Crippen LogP contribution in [-0.4, -0.2) is 23.9 Å². The average molecular weight is 650 g/mol. The molecule has 4 aromatic rings. The van der Waals surface area contributed by atoms with Gasteiger partial charge in [-0.25, -0.2) is 5.43 Å². The number of hydrazone groups is 1. The maximum Gasteiger partial charge on any atom is 0.329 e. The Kier molecular flexibility index (Phi) is 9.60. The molecular formula is C29H22Br2N4O4. The summed E-state index contributed by atoms with van der Waals surface area (Å²) in [6.07, 6.45) is 1.38. The SMILES string of the molecule is O=C(N/N=C\c1cc(Br)ccc1OCc1ccccc1)C(=O)Nc1ccccc1C(=O)Nc1ccc(Br)cc1. The first-order valence-electron chi connectivity index (χ1n) is 11.7. The first-order valence-corrected chi connectivity index (χ1v) is 13.2. The van der Waals surface area contributed by atoms with Crippen LogP contribution in [0.3, 0.4) is 0 Å². The van der Waals surface area contributed by atoms with Crippen molar-refractivity contribution in [3.8, 4) is 5.75 Å². The Morgan fingerprint density at radius 1 is 0.769 bits per heavy atom. The minimum atomic E-state index is -1.00. The molecule has 0 heterocycles. The maximum absolute atomic E-state index is 12.8. The number of hydrogen-bond acceptors (Lipinski definition) is 5. The number of amides is 3. The van der Waals surface area contributed by atoms with Gasteiger partial charge < -0.3 is 15.4 Å². The van der Waals surface area contributed by atoms with Crippen LogP contribution in [0.2, 0.25) is 0 Å². The van der Waals surface area contributed by atoms with E-state index >= 15 is 0 Å². The van der Waals surface area contributed by atoms with Gasteiger partial charge in [-0.15, -0.1) is 0 Å². The normalized spacial score (nSPS) is 10.6. The van der Waals surface area contributed by atoms with Crippen molar-refractivity contribution >= 4 is 67.2 Å². The zero-order chi connectivity index (χ0) is 27.6. The number of nitrogens with one attached hydrogen (secondary N) is 3. The fraction of sp³-hybridized carbons (Fsp3) is 0.0345. The smallest absolute Gasteiger partial charge is 0.329 e. The van der Waals surface area contributed by atoms with Crippen LogP contribution in [-0.2, 0) is 16.2 Å². The van der Waals surface area contributed by atoms with Crippen molar-refractivity contribution in [2.24, 2.45) is 5.10 Å². The van der Waals surface area contributed by atoms with Gasteiger partial charge in [-0.1, -0.05) is 74.3 Å². The van der Waals surface area contributed by atoms with E-state index in [2.05, 4.69) is 53.0 Å². The molecule has 39 heavy (non-hydrogen) atoms. The summed E-state index contributed by atoms with van der Waals surface area (Å²) in [5, 5.41) is 9.14. The number of carbonyl (C=O) groups is 3. The highest BCUT2D eigenvalue weighted by Gasteiger charge is 2.18. The average Bonchev–Trinajstić information content (AvgIpc) is 2.94. The molecule has 0 saturated heterocycles. The van der Waals surface area contributed by atoms with Gasteiger partial charge in [-0.05, 0) is 60.2 Å². The molecule has 0 fully saturated rings. The highest BCUT2D eigenvalue weighted by molar-refractivity contribution is 9.10. The molecule has 4 rings (SSSR count). The Morgan fingerprint density at radius 2 is 1.46 bits per heavy atom. The third-order valence-corrected chi connectivity index (χ3v) is 6.33. The van der Waals surface area contributed by atoms with Gasteiger partial charge in [-0.3, -0.25) is 14.4 Å². The number of hydrogen-bond donors (Lipinski definition) is 3. The fourth-order valence-electron chi connectivity index (χ4n) is 3.40. The molecular weight excluding hydrogens is 628 g/mol. The number of anilines is 2. The molecule has 0 atom stereocenters. The van der Waals surface area contributed by atoms with Gasteiger partial charge in [0.05, 0.1) is 17.5 Å². The summed E-state index contributed by atoms with van der Waals surface area (Å²) in [5.41, 5.74) is 4.75. The minimum absolute atomic E-state index is 0.180. The second-order valence-electron chi connectivity index (χ2n) is 8.12. The number of halogens is 2. The van der Waals surface area contributed by atoms with Crippen LogP contribution in [0.5, 0.6) is 5.75 Å². The summed E-state index contributed by atoms with van der Waals surface area (Å²) in [4.78, 5) is 37.8. The Labute approximate surface area is 241 Å². The molecule has 0 aromatic heterocycles. The van der Waals surface area contributed by atoms with Gasteiger partial charge >= 0.3 is 11.8 Å². The minimum Gasteiger partial charge on any atom is -0.488 e. The molecule has 8 nitrogen and oxygen atoms in total. The molecule has 0 aliphatic heterocycles. The van der Waals surface area contributed by atoms with Crippen LogP contribution in [0, 0.1) is 0 Å². The van der Waals surface area contributed by atoms with Gasteiger partial charge in [0.25, 0.3) is 5.91 Å². The molecule has 196 valence electrons. The van der Waals surface area contributed by atoms with Crippen LogP contribution in [0.4, 0.5) is 11.4 Å². The summed E-state index contributed by atoms with van der Waals surface area (Å²) in [5.74, 6) is -1.87. The van der Waals surface area contributed by atoms with E-state index in [-0.39, 0.29) is 11.3 Å². The van der Waals surface area contributed by atoms with Crippen LogP contribution in [0.15, 0.2) is 111 Å². The number of carbonyl (C=O) groups excluding carboxylic acids is 3. The number of nitrogens with zero attached hydrogens (tertiary/aromatic N) is 1. The van der Waals surface area contributed by atoms with Crippen molar-refractivity contribution in [2.45, 2.75) is 6.61 Å². The summed E-state index contributed by atoms with van der Waals surface area (Å²) in [6.45, 7) is 0.354. The Hall–Kier alpha value is -4.28.